The quantitative estimate of drug-likeness (QED) is 0.672. The molecule has 0 radical (unpaired) electrons. The maximum atomic E-state index is 11.5. The number of ether oxygens (including phenoxy) is 1. The van der Waals surface area contributed by atoms with Gasteiger partial charge in [-0.15, -0.1) is 0 Å². The second-order valence-corrected chi connectivity index (χ2v) is 4.45. The number of para-hydroxylation sites is 1. The van der Waals surface area contributed by atoms with Crippen LogP contribution in [0.4, 0.5) is 0 Å². The van der Waals surface area contributed by atoms with Gasteiger partial charge in [0.25, 0.3) is 0 Å². The minimum absolute atomic E-state index is 0.0180. The molecule has 0 fully saturated rings. The summed E-state index contributed by atoms with van der Waals surface area (Å²) in [6, 6.07) is 9.54. The van der Waals surface area contributed by atoms with Crippen LogP contribution in [0.15, 0.2) is 30.3 Å². The number of nitrogens with one attached hydrogen (secondary N) is 2. The van der Waals surface area contributed by atoms with Crippen molar-refractivity contribution < 1.29 is 14.3 Å². The molecule has 0 aliphatic heterocycles. The predicted octanol–water partition coefficient (Wildman–Crippen LogP) is 1.49. The van der Waals surface area contributed by atoms with Crippen molar-refractivity contribution in [2.45, 2.75) is 26.2 Å². The van der Waals surface area contributed by atoms with E-state index in [1.165, 1.54) is 6.92 Å². The van der Waals surface area contributed by atoms with Crippen molar-refractivity contribution in [3.05, 3.63) is 30.3 Å². The first-order chi connectivity index (χ1) is 9.68. The number of amides is 2. The van der Waals surface area contributed by atoms with E-state index in [4.69, 9.17) is 4.74 Å². The molecule has 5 heteroatoms. The monoisotopic (exact) mass is 278 g/mol. The number of carbonyl (C=O) groups excluding carboxylic acids is 2. The lowest BCUT2D eigenvalue weighted by atomic mass is 10.3. The van der Waals surface area contributed by atoms with Crippen LogP contribution in [0.3, 0.4) is 0 Å². The molecule has 2 amide bonds. The van der Waals surface area contributed by atoms with E-state index in [2.05, 4.69) is 10.6 Å². The van der Waals surface area contributed by atoms with Crippen molar-refractivity contribution in [2.75, 3.05) is 19.7 Å². The molecule has 20 heavy (non-hydrogen) atoms. The molecule has 0 saturated heterocycles. The summed E-state index contributed by atoms with van der Waals surface area (Å²) >= 11 is 0. The maximum Gasteiger partial charge on any atom is 0.220 e. The van der Waals surface area contributed by atoms with E-state index in [0.29, 0.717) is 32.5 Å². The van der Waals surface area contributed by atoms with Crippen LogP contribution in [0.5, 0.6) is 5.75 Å². The SMILES string of the molecule is CC(=O)NCCCNC(=O)CCCOc1ccccc1. The number of rotatable bonds is 9. The largest absolute Gasteiger partial charge is 0.494 e. The van der Waals surface area contributed by atoms with Gasteiger partial charge in [0.2, 0.25) is 11.8 Å². The van der Waals surface area contributed by atoms with Gasteiger partial charge in [-0.3, -0.25) is 9.59 Å². The third-order valence-electron chi connectivity index (χ3n) is 2.61. The van der Waals surface area contributed by atoms with E-state index in [0.717, 1.165) is 12.2 Å². The summed E-state index contributed by atoms with van der Waals surface area (Å²) in [6.45, 7) is 3.18. The highest BCUT2D eigenvalue weighted by Crippen LogP contribution is 2.08. The van der Waals surface area contributed by atoms with Crippen molar-refractivity contribution in [2.24, 2.45) is 0 Å². The lowest BCUT2D eigenvalue weighted by Crippen LogP contribution is -2.28. The van der Waals surface area contributed by atoms with Crippen LogP contribution in [0.2, 0.25) is 0 Å². The predicted molar refractivity (Wildman–Crippen MR) is 77.5 cm³/mol. The number of carbonyl (C=O) groups is 2. The molecule has 0 aliphatic carbocycles. The Labute approximate surface area is 119 Å². The molecule has 1 aromatic carbocycles. The van der Waals surface area contributed by atoms with Crippen LogP contribution in [0.25, 0.3) is 0 Å². The topological polar surface area (TPSA) is 67.4 Å². The highest BCUT2D eigenvalue weighted by molar-refractivity contribution is 5.75. The summed E-state index contributed by atoms with van der Waals surface area (Å²) < 4.78 is 5.50. The molecule has 0 aromatic heterocycles. The summed E-state index contributed by atoms with van der Waals surface area (Å²) in [5.74, 6) is 0.794. The first kappa shape index (κ1) is 16.0. The van der Waals surface area contributed by atoms with Crippen LogP contribution in [0.1, 0.15) is 26.2 Å². The Morgan fingerprint density at radius 3 is 2.45 bits per heavy atom. The summed E-state index contributed by atoms with van der Waals surface area (Å²) in [6.07, 6.45) is 1.88. The second-order valence-electron chi connectivity index (χ2n) is 4.45. The van der Waals surface area contributed by atoms with Crippen LogP contribution in [0, 0.1) is 0 Å². The zero-order valence-corrected chi connectivity index (χ0v) is 11.9. The Hall–Kier alpha value is -2.04. The van der Waals surface area contributed by atoms with Crippen molar-refractivity contribution in [1.29, 1.82) is 0 Å². The first-order valence-electron chi connectivity index (χ1n) is 6.87. The molecule has 1 rings (SSSR count). The Kier molecular flexibility index (Phi) is 7.87. The molecule has 0 spiro atoms. The lowest BCUT2D eigenvalue weighted by Gasteiger charge is -2.07. The maximum absolute atomic E-state index is 11.5. The van der Waals surface area contributed by atoms with E-state index in [-0.39, 0.29) is 11.8 Å². The minimum atomic E-state index is -0.0469. The standard InChI is InChI=1S/C15H22N2O3/c1-13(18)16-10-6-11-17-15(19)9-5-12-20-14-7-3-2-4-8-14/h2-4,7-8H,5-6,9-12H2,1H3,(H,16,18)(H,17,19). The van der Waals surface area contributed by atoms with Crippen molar-refractivity contribution in [1.82, 2.24) is 10.6 Å². The molecule has 1 aromatic rings. The van der Waals surface area contributed by atoms with Crippen LogP contribution < -0.4 is 15.4 Å². The summed E-state index contributed by atoms with van der Waals surface area (Å²) in [7, 11) is 0. The summed E-state index contributed by atoms with van der Waals surface area (Å²) in [5, 5.41) is 5.49. The second kappa shape index (κ2) is 9.83. The lowest BCUT2D eigenvalue weighted by molar-refractivity contribution is -0.121. The van der Waals surface area contributed by atoms with Crippen molar-refractivity contribution in [3.8, 4) is 5.75 Å². The molecule has 0 saturated carbocycles. The third-order valence-corrected chi connectivity index (χ3v) is 2.61. The van der Waals surface area contributed by atoms with E-state index in [1.54, 1.807) is 0 Å². The first-order valence-corrected chi connectivity index (χ1v) is 6.87. The van der Waals surface area contributed by atoms with Gasteiger partial charge < -0.3 is 15.4 Å². The highest BCUT2D eigenvalue weighted by Gasteiger charge is 2.01. The zero-order valence-electron chi connectivity index (χ0n) is 11.9. The van der Waals surface area contributed by atoms with Gasteiger partial charge >= 0.3 is 0 Å². The molecular weight excluding hydrogens is 256 g/mol. The van der Waals surface area contributed by atoms with Gasteiger partial charge in [-0.05, 0) is 25.0 Å². The Morgan fingerprint density at radius 2 is 1.75 bits per heavy atom. The molecule has 0 bridgehead atoms. The highest BCUT2D eigenvalue weighted by atomic mass is 16.5. The van der Waals surface area contributed by atoms with Gasteiger partial charge in [-0.2, -0.15) is 0 Å². The van der Waals surface area contributed by atoms with E-state index in [1.807, 2.05) is 30.3 Å². The van der Waals surface area contributed by atoms with E-state index < -0.39 is 0 Å². The zero-order chi connectivity index (χ0) is 14.6. The third kappa shape index (κ3) is 8.13. The van der Waals surface area contributed by atoms with E-state index >= 15 is 0 Å². The number of benzene rings is 1. The van der Waals surface area contributed by atoms with Crippen molar-refractivity contribution >= 4 is 11.8 Å². The molecule has 2 N–H and O–H groups in total. The fourth-order valence-electron chi connectivity index (χ4n) is 1.61. The molecule has 0 heterocycles. The van der Waals surface area contributed by atoms with Crippen LogP contribution in [-0.2, 0) is 9.59 Å². The van der Waals surface area contributed by atoms with Gasteiger partial charge in [0.05, 0.1) is 6.61 Å². The molecule has 0 unspecified atom stereocenters. The van der Waals surface area contributed by atoms with E-state index in [9.17, 15) is 9.59 Å². The molecule has 5 nitrogen and oxygen atoms in total. The van der Waals surface area contributed by atoms with Gasteiger partial charge in [0, 0.05) is 26.4 Å². The fraction of sp³-hybridized carbons (Fsp3) is 0.467. The molecule has 0 atom stereocenters. The van der Waals surface area contributed by atoms with Crippen LogP contribution in [-0.4, -0.2) is 31.5 Å². The molecular formula is C15H22N2O3. The normalized spacial score (nSPS) is 9.85. The van der Waals surface area contributed by atoms with Gasteiger partial charge in [-0.25, -0.2) is 0 Å². The van der Waals surface area contributed by atoms with Gasteiger partial charge in [0.1, 0.15) is 5.75 Å². The molecule has 0 aliphatic rings. The minimum Gasteiger partial charge on any atom is -0.494 e. The Balaban J connectivity index is 1.96. The average molecular weight is 278 g/mol. The Bertz CT molecular complexity index is 407. The number of hydrogen-bond acceptors (Lipinski definition) is 3. The smallest absolute Gasteiger partial charge is 0.220 e. The average Bonchev–Trinajstić information content (AvgIpc) is 2.44. The van der Waals surface area contributed by atoms with Crippen LogP contribution >= 0.6 is 0 Å². The van der Waals surface area contributed by atoms with Gasteiger partial charge in [-0.1, -0.05) is 18.2 Å². The summed E-state index contributed by atoms with van der Waals surface area (Å²) in [4.78, 5) is 22.1. The van der Waals surface area contributed by atoms with Crippen molar-refractivity contribution in [3.63, 3.8) is 0 Å². The summed E-state index contributed by atoms with van der Waals surface area (Å²) in [5.41, 5.74) is 0. The fourth-order valence-corrected chi connectivity index (χ4v) is 1.61. The number of hydrogen-bond donors (Lipinski definition) is 2. The van der Waals surface area contributed by atoms with Gasteiger partial charge in [0.15, 0.2) is 0 Å². The molecule has 110 valence electrons. The Morgan fingerprint density at radius 1 is 1.05 bits per heavy atom.